The van der Waals surface area contributed by atoms with Gasteiger partial charge >= 0.3 is 6.03 Å². The van der Waals surface area contributed by atoms with Crippen LogP contribution < -0.4 is 5.32 Å². The highest BCUT2D eigenvalue weighted by atomic mass is 16.2. The van der Waals surface area contributed by atoms with E-state index in [2.05, 4.69) is 26.1 Å². The Balaban J connectivity index is 1.52. The maximum atomic E-state index is 12.6. The molecule has 25 heavy (non-hydrogen) atoms. The first-order valence-corrected chi connectivity index (χ1v) is 9.32. The van der Waals surface area contributed by atoms with Gasteiger partial charge in [0.2, 0.25) is 0 Å². The van der Waals surface area contributed by atoms with Gasteiger partial charge in [-0.2, -0.15) is 0 Å². The lowest BCUT2D eigenvalue weighted by Gasteiger charge is -2.39. The van der Waals surface area contributed by atoms with Crippen LogP contribution in [0, 0.1) is 17.8 Å². The van der Waals surface area contributed by atoms with Gasteiger partial charge in [0.05, 0.1) is 0 Å². The van der Waals surface area contributed by atoms with Crippen LogP contribution in [0.3, 0.4) is 0 Å². The Kier molecular flexibility index (Phi) is 4.65. The molecule has 1 saturated carbocycles. The molecular weight excluding hydrogens is 312 g/mol. The summed E-state index contributed by atoms with van der Waals surface area (Å²) in [5.74, 6) is 0.0774. The lowest BCUT2D eigenvalue weighted by atomic mass is 9.65. The summed E-state index contributed by atoms with van der Waals surface area (Å²) < 4.78 is 0. The lowest BCUT2D eigenvalue weighted by molar-refractivity contribution is 0.0983. The molecule has 2 fully saturated rings. The first kappa shape index (κ1) is 18.0. The number of fused-ring (bicyclic) bond motifs is 2. The standard InChI is InChI=1S/C21H30N2O2/c1-15-5-7-16(8-6-15)18(24)9-10-22-19(25)23-14-21(4)12-17(23)11-20(2,3)13-21/h5-8,17H,9-14H2,1-4H3,(H,22,25). The fourth-order valence-corrected chi connectivity index (χ4v) is 4.97. The van der Waals surface area contributed by atoms with Crippen molar-refractivity contribution in [1.82, 2.24) is 10.2 Å². The summed E-state index contributed by atoms with van der Waals surface area (Å²) in [5.41, 5.74) is 2.39. The van der Waals surface area contributed by atoms with Gasteiger partial charge in [0.15, 0.2) is 5.78 Å². The minimum absolute atomic E-state index is 0.0110. The molecule has 1 saturated heterocycles. The van der Waals surface area contributed by atoms with Crippen molar-refractivity contribution in [2.75, 3.05) is 13.1 Å². The molecule has 0 radical (unpaired) electrons. The van der Waals surface area contributed by atoms with Crippen molar-refractivity contribution in [3.63, 3.8) is 0 Å². The minimum Gasteiger partial charge on any atom is -0.338 e. The second kappa shape index (κ2) is 6.47. The third kappa shape index (κ3) is 4.05. The number of nitrogens with one attached hydrogen (secondary N) is 1. The second-order valence-electron chi connectivity index (χ2n) is 9.11. The lowest BCUT2D eigenvalue weighted by Crippen LogP contribution is -2.44. The molecule has 4 heteroatoms. The molecule has 1 heterocycles. The van der Waals surface area contributed by atoms with Crippen LogP contribution in [0.1, 0.15) is 62.4 Å². The van der Waals surface area contributed by atoms with E-state index in [-0.39, 0.29) is 17.2 Å². The number of benzene rings is 1. The average Bonchev–Trinajstić information content (AvgIpc) is 2.76. The molecule has 2 amide bonds. The summed E-state index contributed by atoms with van der Waals surface area (Å²) >= 11 is 0. The number of nitrogens with zero attached hydrogens (tertiary/aromatic N) is 1. The molecule has 4 nitrogen and oxygen atoms in total. The predicted octanol–water partition coefficient (Wildman–Crippen LogP) is 4.18. The number of aryl methyl sites for hydroxylation is 1. The van der Waals surface area contributed by atoms with E-state index in [9.17, 15) is 9.59 Å². The van der Waals surface area contributed by atoms with Crippen LogP contribution in [0.15, 0.2) is 24.3 Å². The topological polar surface area (TPSA) is 49.4 Å². The van der Waals surface area contributed by atoms with Crippen molar-refractivity contribution < 1.29 is 9.59 Å². The van der Waals surface area contributed by atoms with Gasteiger partial charge in [0.25, 0.3) is 0 Å². The Morgan fingerprint density at radius 2 is 1.84 bits per heavy atom. The van der Waals surface area contributed by atoms with Gasteiger partial charge in [-0.15, -0.1) is 0 Å². The average molecular weight is 342 g/mol. The highest BCUT2D eigenvalue weighted by Gasteiger charge is 2.50. The number of Topliss-reactive ketones (excluding diaryl/α,β-unsaturated/α-hetero) is 1. The Bertz CT molecular complexity index is 665. The van der Waals surface area contributed by atoms with Crippen LogP contribution in [0.2, 0.25) is 0 Å². The molecule has 1 aromatic rings. The van der Waals surface area contributed by atoms with Crippen LogP contribution in [0.5, 0.6) is 0 Å². The van der Waals surface area contributed by atoms with Crippen LogP contribution in [-0.4, -0.2) is 35.8 Å². The summed E-state index contributed by atoms with van der Waals surface area (Å²) in [7, 11) is 0. The molecule has 136 valence electrons. The zero-order valence-corrected chi connectivity index (χ0v) is 15.9. The van der Waals surface area contributed by atoms with Crippen molar-refractivity contribution in [3.8, 4) is 0 Å². The number of rotatable bonds is 4. The zero-order chi connectivity index (χ0) is 18.2. The molecule has 1 aliphatic heterocycles. The molecule has 2 atom stereocenters. The Hall–Kier alpha value is -1.84. The van der Waals surface area contributed by atoms with Gasteiger partial charge in [-0.3, -0.25) is 4.79 Å². The number of hydrogen-bond acceptors (Lipinski definition) is 2. The van der Waals surface area contributed by atoms with E-state index in [1.165, 1.54) is 6.42 Å². The van der Waals surface area contributed by atoms with Crippen molar-refractivity contribution in [2.45, 2.75) is 59.4 Å². The van der Waals surface area contributed by atoms with Crippen molar-refractivity contribution >= 4 is 11.8 Å². The number of amides is 2. The number of hydrogen-bond donors (Lipinski definition) is 1. The van der Waals surface area contributed by atoms with Gasteiger partial charge in [-0.05, 0) is 37.0 Å². The number of carbonyl (C=O) groups excluding carboxylic acids is 2. The summed E-state index contributed by atoms with van der Waals surface area (Å²) in [5, 5.41) is 2.96. The highest BCUT2D eigenvalue weighted by Crippen LogP contribution is 2.52. The fraction of sp³-hybridized carbons (Fsp3) is 0.619. The van der Waals surface area contributed by atoms with Gasteiger partial charge in [-0.25, -0.2) is 4.79 Å². The number of likely N-dealkylation sites (tertiary alicyclic amines) is 1. The maximum absolute atomic E-state index is 12.6. The fourth-order valence-electron chi connectivity index (χ4n) is 4.97. The van der Waals surface area contributed by atoms with Crippen molar-refractivity contribution in [2.24, 2.45) is 10.8 Å². The van der Waals surface area contributed by atoms with E-state index in [1.807, 2.05) is 36.1 Å². The second-order valence-corrected chi connectivity index (χ2v) is 9.11. The largest absolute Gasteiger partial charge is 0.338 e. The first-order valence-electron chi connectivity index (χ1n) is 9.32. The summed E-state index contributed by atoms with van der Waals surface area (Å²) in [4.78, 5) is 26.8. The van der Waals surface area contributed by atoms with Crippen LogP contribution in [-0.2, 0) is 0 Å². The molecule has 2 aliphatic rings. The molecule has 0 spiro atoms. The van der Waals surface area contributed by atoms with Crippen LogP contribution in [0.25, 0.3) is 0 Å². The van der Waals surface area contributed by atoms with Gasteiger partial charge < -0.3 is 10.2 Å². The quantitative estimate of drug-likeness (QED) is 0.835. The molecular formula is C21H30N2O2. The van der Waals surface area contributed by atoms with Gasteiger partial charge in [-0.1, -0.05) is 50.6 Å². The van der Waals surface area contributed by atoms with Gasteiger partial charge in [0.1, 0.15) is 0 Å². The summed E-state index contributed by atoms with van der Waals surface area (Å²) in [6.07, 6.45) is 3.69. The molecule has 3 rings (SSSR count). The maximum Gasteiger partial charge on any atom is 0.317 e. The van der Waals surface area contributed by atoms with E-state index >= 15 is 0 Å². The smallest absolute Gasteiger partial charge is 0.317 e. The summed E-state index contributed by atoms with van der Waals surface area (Å²) in [6, 6.07) is 7.92. The molecule has 1 aliphatic carbocycles. The molecule has 1 N–H and O–H groups in total. The Labute approximate surface area is 151 Å². The minimum atomic E-state index is -0.0110. The van der Waals surface area contributed by atoms with E-state index in [0.29, 0.717) is 30.0 Å². The molecule has 2 unspecified atom stereocenters. The van der Waals surface area contributed by atoms with E-state index in [4.69, 9.17) is 0 Å². The number of ketones is 1. The zero-order valence-electron chi connectivity index (χ0n) is 15.9. The van der Waals surface area contributed by atoms with Gasteiger partial charge in [0, 0.05) is 31.1 Å². The van der Waals surface area contributed by atoms with Crippen molar-refractivity contribution in [1.29, 1.82) is 0 Å². The predicted molar refractivity (Wildman–Crippen MR) is 99.8 cm³/mol. The van der Waals surface area contributed by atoms with E-state index in [0.717, 1.165) is 24.9 Å². The number of urea groups is 1. The van der Waals surface area contributed by atoms with E-state index < -0.39 is 0 Å². The Morgan fingerprint density at radius 3 is 2.52 bits per heavy atom. The number of carbonyl (C=O) groups is 2. The SMILES string of the molecule is Cc1ccc(C(=O)CCNC(=O)N2CC3(C)CC2CC(C)(C)C3)cc1. The van der Waals surface area contributed by atoms with Crippen LogP contribution in [0.4, 0.5) is 4.79 Å². The highest BCUT2D eigenvalue weighted by molar-refractivity contribution is 5.96. The monoisotopic (exact) mass is 342 g/mol. The molecule has 1 aromatic carbocycles. The summed E-state index contributed by atoms with van der Waals surface area (Å²) in [6.45, 7) is 10.1. The molecule has 2 bridgehead atoms. The normalized spacial score (nSPS) is 27.2. The van der Waals surface area contributed by atoms with Crippen molar-refractivity contribution in [3.05, 3.63) is 35.4 Å². The Morgan fingerprint density at radius 1 is 1.16 bits per heavy atom. The third-order valence-electron chi connectivity index (χ3n) is 5.68. The molecule has 0 aromatic heterocycles. The first-order chi connectivity index (χ1) is 11.7. The van der Waals surface area contributed by atoms with Crippen LogP contribution >= 0.6 is 0 Å². The third-order valence-corrected chi connectivity index (χ3v) is 5.68. The van der Waals surface area contributed by atoms with E-state index in [1.54, 1.807) is 0 Å².